The van der Waals surface area contributed by atoms with E-state index in [1.807, 2.05) is 6.33 Å². The molecule has 4 heteroatoms. The summed E-state index contributed by atoms with van der Waals surface area (Å²) in [5.74, 6) is 1.85. The Morgan fingerprint density at radius 2 is 2.29 bits per heavy atom. The van der Waals surface area contributed by atoms with Crippen molar-refractivity contribution < 1.29 is 0 Å². The minimum absolute atomic E-state index is 0.630. The number of hydrogen-bond donors (Lipinski definition) is 0. The Morgan fingerprint density at radius 1 is 1.36 bits per heavy atom. The molecule has 4 nitrogen and oxygen atoms in total. The van der Waals surface area contributed by atoms with E-state index in [2.05, 4.69) is 26.7 Å². The summed E-state index contributed by atoms with van der Waals surface area (Å²) in [6.45, 7) is 2.34. The number of rotatable bonds is 0. The lowest BCUT2D eigenvalue weighted by molar-refractivity contribution is 0.125. The Kier molecular flexibility index (Phi) is 1.83. The maximum Gasteiger partial charge on any atom is 0.137 e. The van der Waals surface area contributed by atoms with Crippen LogP contribution in [0.4, 0.5) is 0 Å². The predicted molar refractivity (Wildman–Crippen MR) is 53.0 cm³/mol. The fourth-order valence-electron chi connectivity index (χ4n) is 2.94. The van der Waals surface area contributed by atoms with Gasteiger partial charge in [-0.2, -0.15) is 0 Å². The van der Waals surface area contributed by atoms with Crippen molar-refractivity contribution in [2.75, 3.05) is 13.6 Å². The fraction of sp³-hybridized carbons (Fsp3) is 0.800. The number of likely N-dealkylation sites (N-methyl/N-ethyl adjacent to an activating group) is 1. The Labute approximate surface area is 83.9 Å². The van der Waals surface area contributed by atoms with E-state index in [4.69, 9.17) is 0 Å². The molecule has 0 N–H and O–H groups in total. The Hall–Kier alpha value is -0.900. The summed E-state index contributed by atoms with van der Waals surface area (Å²) >= 11 is 0. The Balaban J connectivity index is 1.96. The molecule has 0 spiro atoms. The second-order valence-electron chi connectivity index (χ2n) is 4.47. The first-order valence-corrected chi connectivity index (χ1v) is 5.44. The van der Waals surface area contributed by atoms with Crippen molar-refractivity contribution in [3.8, 4) is 0 Å². The highest BCUT2D eigenvalue weighted by Crippen LogP contribution is 2.35. The van der Waals surface area contributed by atoms with Crippen LogP contribution >= 0.6 is 0 Å². The quantitative estimate of drug-likeness (QED) is 0.611. The minimum Gasteiger partial charge on any atom is -0.317 e. The molecule has 3 heterocycles. The zero-order valence-electron chi connectivity index (χ0n) is 8.56. The molecule has 0 bridgehead atoms. The smallest absolute Gasteiger partial charge is 0.137 e. The van der Waals surface area contributed by atoms with Gasteiger partial charge in [-0.05, 0) is 32.9 Å². The van der Waals surface area contributed by atoms with Crippen LogP contribution in [-0.4, -0.2) is 39.3 Å². The van der Waals surface area contributed by atoms with Crippen LogP contribution in [-0.2, 0) is 6.54 Å². The number of aromatic nitrogens is 3. The van der Waals surface area contributed by atoms with Gasteiger partial charge in [0, 0.05) is 18.5 Å². The molecule has 0 radical (unpaired) electrons. The summed E-state index contributed by atoms with van der Waals surface area (Å²) < 4.78 is 2.22. The number of likely N-dealkylation sites (tertiary alicyclic amines) is 1. The third-order valence-corrected chi connectivity index (χ3v) is 3.70. The van der Waals surface area contributed by atoms with Crippen LogP contribution in [0, 0.1) is 0 Å². The largest absolute Gasteiger partial charge is 0.317 e. The lowest BCUT2D eigenvalue weighted by atomic mass is 9.84. The molecule has 3 rings (SSSR count). The third kappa shape index (κ3) is 1.10. The summed E-state index contributed by atoms with van der Waals surface area (Å²) in [5, 5.41) is 8.28. The Morgan fingerprint density at radius 3 is 3.21 bits per heavy atom. The van der Waals surface area contributed by atoms with Gasteiger partial charge in [0.2, 0.25) is 0 Å². The van der Waals surface area contributed by atoms with Crippen molar-refractivity contribution in [2.45, 2.75) is 37.8 Å². The van der Waals surface area contributed by atoms with Gasteiger partial charge >= 0.3 is 0 Å². The topological polar surface area (TPSA) is 34.0 Å². The molecule has 1 aromatic rings. The van der Waals surface area contributed by atoms with E-state index in [9.17, 15) is 0 Å². The van der Waals surface area contributed by atoms with Crippen molar-refractivity contribution in [3.05, 3.63) is 12.2 Å². The van der Waals surface area contributed by atoms with Gasteiger partial charge < -0.3 is 9.47 Å². The first-order valence-electron chi connectivity index (χ1n) is 5.44. The average molecular weight is 192 g/mol. The van der Waals surface area contributed by atoms with Gasteiger partial charge in [-0.1, -0.05) is 0 Å². The standard InChI is InChI=1S/C10H16N4/c1-13-5-2-3-8-9(13)4-6-14-7-11-12-10(8)14/h7-9H,2-6H2,1H3. The molecule has 76 valence electrons. The van der Waals surface area contributed by atoms with Gasteiger partial charge in [0.1, 0.15) is 12.2 Å². The van der Waals surface area contributed by atoms with Crippen LogP contribution < -0.4 is 0 Å². The fourth-order valence-corrected chi connectivity index (χ4v) is 2.94. The normalized spacial score (nSPS) is 32.4. The number of piperidine rings is 1. The lowest BCUT2D eigenvalue weighted by Crippen LogP contribution is -2.45. The highest BCUT2D eigenvalue weighted by Gasteiger charge is 2.36. The van der Waals surface area contributed by atoms with Gasteiger partial charge in [-0.3, -0.25) is 0 Å². The molecule has 2 aliphatic rings. The number of nitrogens with zero attached hydrogens (tertiary/aromatic N) is 4. The van der Waals surface area contributed by atoms with Crippen LogP contribution in [0.15, 0.2) is 6.33 Å². The zero-order chi connectivity index (χ0) is 9.54. The van der Waals surface area contributed by atoms with E-state index in [0.717, 1.165) is 6.54 Å². The summed E-state index contributed by atoms with van der Waals surface area (Å²) in [5.41, 5.74) is 0. The second kappa shape index (κ2) is 3.05. The third-order valence-electron chi connectivity index (χ3n) is 3.70. The summed E-state index contributed by atoms with van der Waals surface area (Å²) in [4.78, 5) is 2.49. The van der Waals surface area contributed by atoms with Crippen LogP contribution in [0.3, 0.4) is 0 Å². The first kappa shape index (κ1) is 8.41. The molecular weight excluding hydrogens is 176 g/mol. The first-order chi connectivity index (χ1) is 6.86. The molecule has 0 amide bonds. The number of hydrogen-bond acceptors (Lipinski definition) is 3. The van der Waals surface area contributed by atoms with Crippen LogP contribution in [0.25, 0.3) is 0 Å². The molecule has 2 aliphatic heterocycles. The van der Waals surface area contributed by atoms with E-state index < -0.39 is 0 Å². The molecule has 1 fully saturated rings. The molecule has 0 aliphatic carbocycles. The van der Waals surface area contributed by atoms with Gasteiger partial charge in [-0.25, -0.2) is 0 Å². The van der Waals surface area contributed by atoms with Crippen molar-refractivity contribution in [2.24, 2.45) is 0 Å². The van der Waals surface area contributed by atoms with Gasteiger partial charge in [0.05, 0.1) is 0 Å². The van der Waals surface area contributed by atoms with Crippen molar-refractivity contribution in [3.63, 3.8) is 0 Å². The van der Waals surface area contributed by atoms with Crippen LogP contribution in [0.1, 0.15) is 31.0 Å². The number of fused-ring (bicyclic) bond motifs is 3. The van der Waals surface area contributed by atoms with Crippen LogP contribution in [0.5, 0.6) is 0 Å². The number of aryl methyl sites for hydroxylation is 1. The SMILES string of the molecule is CN1CCCC2c3nncn3CCC21. The molecule has 1 aromatic heterocycles. The van der Waals surface area contributed by atoms with E-state index >= 15 is 0 Å². The van der Waals surface area contributed by atoms with Gasteiger partial charge in [0.25, 0.3) is 0 Å². The monoisotopic (exact) mass is 192 g/mol. The van der Waals surface area contributed by atoms with Gasteiger partial charge in [0.15, 0.2) is 0 Å². The molecule has 14 heavy (non-hydrogen) atoms. The summed E-state index contributed by atoms with van der Waals surface area (Å²) in [6, 6.07) is 0.709. The molecule has 2 atom stereocenters. The zero-order valence-corrected chi connectivity index (χ0v) is 8.56. The van der Waals surface area contributed by atoms with E-state index in [1.165, 1.54) is 31.6 Å². The van der Waals surface area contributed by atoms with Crippen molar-refractivity contribution in [1.29, 1.82) is 0 Å². The molecule has 0 aromatic carbocycles. The lowest BCUT2D eigenvalue weighted by Gasteiger charge is -2.41. The molecule has 0 saturated carbocycles. The second-order valence-corrected chi connectivity index (χ2v) is 4.47. The molecular formula is C10H16N4. The minimum atomic E-state index is 0.630. The van der Waals surface area contributed by atoms with E-state index in [0.29, 0.717) is 12.0 Å². The summed E-state index contributed by atoms with van der Waals surface area (Å²) in [6.07, 6.45) is 5.71. The highest BCUT2D eigenvalue weighted by atomic mass is 15.3. The van der Waals surface area contributed by atoms with Crippen molar-refractivity contribution in [1.82, 2.24) is 19.7 Å². The van der Waals surface area contributed by atoms with Crippen LogP contribution in [0.2, 0.25) is 0 Å². The van der Waals surface area contributed by atoms with E-state index in [1.54, 1.807) is 0 Å². The summed E-state index contributed by atoms with van der Waals surface area (Å²) in [7, 11) is 2.24. The predicted octanol–water partition coefficient (Wildman–Crippen LogP) is 0.860. The maximum atomic E-state index is 4.26. The van der Waals surface area contributed by atoms with Crippen molar-refractivity contribution >= 4 is 0 Å². The van der Waals surface area contributed by atoms with Gasteiger partial charge in [-0.15, -0.1) is 10.2 Å². The molecule has 2 unspecified atom stereocenters. The molecule has 1 saturated heterocycles. The highest BCUT2D eigenvalue weighted by molar-refractivity contribution is 5.07. The Bertz CT molecular complexity index is 333. The maximum absolute atomic E-state index is 4.26. The van der Waals surface area contributed by atoms with E-state index in [-0.39, 0.29) is 0 Å². The average Bonchev–Trinajstić information content (AvgIpc) is 2.66.